The predicted octanol–water partition coefficient (Wildman–Crippen LogP) is 3.66. The number of halogens is 4. The van der Waals surface area contributed by atoms with E-state index in [2.05, 4.69) is 28.4 Å². The van der Waals surface area contributed by atoms with E-state index in [-0.39, 0.29) is 51.7 Å². The largest absolute Gasteiger partial charge is 1.00 e. The van der Waals surface area contributed by atoms with Crippen LogP contribution in [0.5, 0.6) is 0 Å². The van der Waals surface area contributed by atoms with E-state index in [0.29, 0.717) is 27.8 Å². The molecule has 0 aliphatic carbocycles. The van der Waals surface area contributed by atoms with Gasteiger partial charge in [-0.2, -0.15) is 0 Å². The first-order valence-corrected chi connectivity index (χ1v) is 12.0. The number of carbonyl (C=O) groups is 2. The van der Waals surface area contributed by atoms with Crippen LogP contribution in [0, 0.1) is 60.8 Å². The van der Waals surface area contributed by atoms with E-state index in [4.69, 9.17) is 5.11 Å². The average Bonchev–Trinajstić information content (AvgIpc) is 2.92. The minimum atomic E-state index is -1.04. The van der Waals surface area contributed by atoms with Gasteiger partial charge in [0.2, 0.25) is 0 Å². The Morgan fingerprint density at radius 1 is 0.628 bits per heavy atom. The molecule has 0 fully saturated rings. The molecular weight excluding hydrogens is 575 g/mol. The topological polar surface area (TPSA) is 93.6 Å². The SMILES string of the molecule is COC(=O)c1ccc(C#Cc2c(F)cc(C)cc2F)cc1.Cc1cc(F)c(C#Cc2ccc(C(=O)O)cc2)c(F)c1.[Na+].[OH-]. The summed E-state index contributed by atoms with van der Waals surface area (Å²) in [6, 6.07) is 16.9. The van der Waals surface area contributed by atoms with Gasteiger partial charge in [0.1, 0.15) is 23.3 Å². The molecule has 0 saturated carbocycles. The minimum absolute atomic E-state index is 0. The number of hydrogen-bond acceptors (Lipinski definition) is 4. The van der Waals surface area contributed by atoms with Crippen molar-refractivity contribution in [3.8, 4) is 23.7 Å². The van der Waals surface area contributed by atoms with Crippen LogP contribution in [0.1, 0.15) is 54.1 Å². The number of carboxylic acid groups (broad SMARTS) is 1. The Balaban J connectivity index is 0.000000411. The molecule has 0 amide bonds. The van der Waals surface area contributed by atoms with E-state index in [9.17, 15) is 27.2 Å². The Morgan fingerprint density at radius 3 is 1.26 bits per heavy atom. The second-order valence-corrected chi connectivity index (χ2v) is 8.66. The van der Waals surface area contributed by atoms with Gasteiger partial charge in [-0.05, 0) is 97.8 Å². The molecule has 0 aliphatic heterocycles. The number of benzene rings is 4. The number of carboxylic acids is 1. The van der Waals surface area contributed by atoms with Gasteiger partial charge >= 0.3 is 41.5 Å². The summed E-state index contributed by atoms with van der Waals surface area (Å²) in [5.74, 6) is 5.87. The molecule has 10 heteroatoms. The van der Waals surface area contributed by atoms with Crippen LogP contribution in [-0.4, -0.2) is 29.6 Å². The fourth-order valence-corrected chi connectivity index (χ4v) is 3.41. The van der Waals surface area contributed by atoms with Gasteiger partial charge in [-0.25, -0.2) is 27.2 Å². The van der Waals surface area contributed by atoms with E-state index in [1.54, 1.807) is 26.0 Å². The summed E-state index contributed by atoms with van der Waals surface area (Å²) in [5, 5.41) is 8.75. The maximum atomic E-state index is 13.6. The fourth-order valence-electron chi connectivity index (χ4n) is 3.41. The second kappa shape index (κ2) is 16.9. The number of esters is 1. The molecule has 5 nitrogen and oxygen atoms in total. The number of ether oxygens (including phenoxy) is 1. The predicted molar refractivity (Wildman–Crippen MR) is 147 cm³/mol. The van der Waals surface area contributed by atoms with E-state index in [0.717, 1.165) is 0 Å². The zero-order valence-corrected chi connectivity index (χ0v) is 25.6. The van der Waals surface area contributed by atoms with Crippen LogP contribution < -0.4 is 29.6 Å². The van der Waals surface area contributed by atoms with Crippen molar-refractivity contribution in [3.05, 3.63) is 141 Å². The van der Waals surface area contributed by atoms with Gasteiger partial charge in [0.15, 0.2) is 0 Å². The van der Waals surface area contributed by atoms with Gasteiger partial charge < -0.3 is 15.3 Å². The summed E-state index contributed by atoms with van der Waals surface area (Å²) >= 11 is 0. The third-order valence-electron chi connectivity index (χ3n) is 5.47. The molecule has 0 spiro atoms. The summed E-state index contributed by atoms with van der Waals surface area (Å²) in [6.07, 6.45) is 0. The fraction of sp³-hybridized carbons (Fsp3) is 0.0909. The van der Waals surface area contributed by atoms with Crippen molar-refractivity contribution in [2.75, 3.05) is 7.11 Å². The first-order chi connectivity index (χ1) is 19.5. The summed E-state index contributed by atoms with van der Waals surface area (Å²) in [7, 11) is 1.29. The maximum Gasteiger partial charge on any atom is 1.00 e. The first-order valence-electron chi connectivity index (χ1n) is 12.0. The third kappa shape index (κ3) is 10.4. The van der Waals surface area contributed by atoms with Gasteiger partial charge in [0, 0.05) is 11.1 Å². The van der Waals surface area contributed by atoms with Crippen LogP contribution >= 0.6 is 0 Å². The van der Waals surface area contributed by atoms with Crippen LogP contribution in [-0.2, 0) is 4.74 Å². The van der Waals surface area contributed by atoms with Gasteiger partial charge in [0.25, 0.3) is 0 Å². The van der Waals surface area contributed by atoms with Gasteiger partial charge in [-0.3, -0.25) is 0 Å². The second-order valence-electron chi connectivity index (χ2n) is 8.66. The van der Waals surface area contributed by atoms with Crippen LogP contribution in [0.4, 0.5) is 17.6 Å². The third-order valence-corrected chi connectivity index (χ3v) is 5.47. The van der Waals surface area contributed by atoms with Crippen molar-refractivity contribution < 1.29 is 72.0 Å². The maximum absolute atomic E-state index is 13.6. The van der Waals surface area contributed by atoms with E-state index in [1.165, 1.54) is 67.8 Å². The minimum Gasteiger partial charge on any atom is -0.870 e. The van der Waals surface area contributed by atoms with Gasteiger partial charge in [-0.15, -0.1) is 0 Å². The molecule has 0 aliphatic rings. The van der Waals surface area contributed by atoms with Crippen molar-refractivity contribution in [3.63, 3.8) is 0 Å². The standard InChI is InChI=1S/C17H12F2O2.C16H10F2O2.Na.H2O/c1-11-9-15(18)14(16(19)10-11)8-5-12-3-6-13(7-4-12)17(20)21-2;1-10-8-14(17)13(15(18)9-10)7-4-11-2-5-12(6-3-11)16(19)20;;/h3-4,6-7,9-10H,1-2H3;2-3,5-6,8-9H,1H3,(H,19,20);;1H2/q;;+1;/p-1. The van der Waals surface area contributed by atoms with Crippen LogP contribution in [0.3, 0.4) is 0 Å². The smallest absolute Gasteiger partial charge is 0.870 e. The Labute approximate surface area is 268 Å². The Kier molecular flexibility index (Phi) is 14.4. The molecule has 4 aromatic carbocycles. The number of aromatic carboxylic acids is 1. The number of carbonyl (C=O) groups excluding carboxylic acids is 1. The molecule has 0 atom stereocenters. The quantitative estimate of drug-likeness (QED) is 0.165. The first kappa shape index (κ1) is 36.6. The number of rotatable bonds is 2. The zero-order valence-electron chi connectivity index (χ0n) is 23.6. The van der Waals surface area contributed by atoms with Gasteiger partial charge in [-0.1, -0.05) is 23.7 Å². The normalized spacial score (nSPS) is 9.28. The molecular formula is C33H23F4NaO5. The molecule has 0 aromatic heterocycles. The molecule has 2 N–H and O–H groups in total. The van der Waals surface area contributed by atoms with Gasteiger partial charge in [0.05, 0.1) is 29.4 Å². The van der Waals surface area contributed by atoms with Crippen molar-refractivity contribution >= 4 is 11.9 Å². The van der Waals surface area contributed by atoms with Crippen molar-refractivity contribution in [2.45, 2.75) is 13.8 Å². The Bertz CT molecular complexity index is 1680. The number of methoxy groups -OCH3 is 1. The monoisotopic (exact) mass is 598 g/mol. The van der Waals surface area contributed by atoms with Crippen LogP contribution in [0.25, 0.3) is 0 Å². The summed E-state index contributed by atoms with van der Waals surface area (Å²) in [6.45, 7) is 3.20. The summed E-state index contributed by atoms with van der Waals surface area (Å²) < 4.78 is 59.0. The van der Waals surface area contributed by atoms with E-state index in [1.807, 2.05) is 0 Å². The Morgan fingerprint density at radius 2 is 0.953 bits per heavy atom. The molecule has 0 heterocycles. The zero-order chi connectivity index (χ0) is 30.1. The molecule has 43 heavy (non-hydrogen) atoms. The van der Waals surface area contributed by atoms with E-state index < -0.39 is 35.2 Å². The number of aryl methyl sites for hydroxylation is 2. The molecule has 0 bridgehead atoms. The molecule has 4 rings (SSSR count). The molecule has 0 saturated heterocycles. The Hall–Kier alpha value is -4.38. The average molecular weight is 599 g/mol. The molecule has 4 aromatic rings. The van der Waals surface area contributed by atoms with Crippen molar-refractivity contribution in [1.29, 1.82) is 0 Å². The van der Waals surface area contributed by atoms with Crippen LogP contribution in [0.2, 0.25) is 0 Å². The van der Waals surface area contributed by atoms with Crippen LogP contribution in [0.15, 0.2) is 72.8 Å². The molecule has 0 radical (unpaired) electrons. The van der Waals surface area contributed by atoms with E-state index >= 15 is 0 Å². The summed E-state index contributed by atoms with van der Waals surface area (Å²) in [5.41, 5.74) is 1.96. The number of hydrogen-bond donors (Lipinski definition) is 1. The van der Waals surface area contributed by atoms with Crippen molar-refractivity contribution in [2.24, 2.45) is 0 Å². The molecule has 214 valence electrons. The molecule has 0 unspecified atom stereocenters. The summed E-state index contributed by atoms with van der Waals surface area (Å²) in [4.78, 5) is 21.9. The van der Waals surface area contributed by atoms with Crippen molar-refractivity contribution in [1.82, 2.24) is 0 Å².